The zero-order valence-electron chi connectivity index (χ0n) is 19.0. The second-order valence-corrected chi connectivity index (χ2v) is 14.8. The highest BCUT2D eigenvalue weighted by Gasteiger charge is 2.51. The molecule has 0 amide bonds. The van der Waals surface area contributed by atoms with Crippen molar-refractivity contribution in [1.29, 1.82) is 0 Å². The van der Waals surface area contributed by atoms with Crippen LogP contribution in [0, 0.1) is 12.3 Å². The standard InChI is InChI=1S/C21H38O6Si/c1-11-12-22-17(15-13-23-20(5,6)25-15)18(16-14-24-21(7,8)26-16)27-28(9,10)19(2,3)4/h1,15-18H,12-14H2,2-10H3/t15-,16-,17-,18-/m1/s1. The van der Waals surface area contributed by atoms with E-state index in [1.807, 2.05) is 27.7 Å². The van der Waals surface area contributed by atoms with E-state index in [4.69, 9.17) is 34.5 Å². The molecule has 0 radical (unpaired) electrons. The Morgan fingerprint density at radius 1 is 1.00 bits per heavy atom. The van der Waals surface area contributed by atoms with E-state index in [1.165, 1.54) is 0 Å². The van der Waals surface area contributed by atoms with Gasteiger partial charge in [-0.1, -0.05) is 26.7 Å². The van der Waals surface area contributed by atoms with E-state index in [1.54, 1.807) is 0 Å². The molecule has 0 aromatic rings. The monoisotopic (exact) mass is 414 g/mol. The van der Waals surface area contributed by atoms with Crippen LogP contribution in [0.4, 0.5) is 0 Å². The lowest BCUT2D eigenvalue weighted by atomic mass is 10.0. The molecule has 2 saturated heterocycles. The molecule has 162 valence electrons. The molecule has 28 heavy (non-hydrogen) atoms. The van der Waals surface area contributed by atoms with Gasteiger partial charge in [0.25, 0.3) is 0 Å². The highest BCUT2D eigenvalue weighted by Crippen LogP contribution is 2.41. The van der Waals surface area contributed by atoms with Gasteiger partial charge in [-0.3, -0.25) is 0 Å². The topological polar surface area (TPSA) is 55.4 Å². The molecule has 7 heteroatoms. The summed E-state index contributed by atoms with van der Waals surface area (Å²) in [5.41, 5.74) is 0. The largest absolute Gasteiger partial charge is 0.408 e. The number of hydrogen-bond acceptors (Lipinski definition) is 6. The van der Waals surface area contributed by atoms with Gasteiger partial charge in [-0.2, -0.15) is 0 Å². The third-order valence-corrected chi connectivity index (χ3v) is 10.2. The maximum atomic E-state index is 6.82. The Balaban J connectivity index is 2.34. The molecule has 0 N–H and O–H groups in total. The van der Waals surface area contributed by atoms with E-state index >= 15 is 0 Å². The van der Waals surface area contributed by atoms with Gasteiger partial charge in [-0.25, -0.2) is 0 Å². The lowest BCUT2D eigenvalue weighted by molar-refractivity contribution is -0.188. The lowest BCUT2D eigenvalue weighted by Gasteiger charge is -2.43. The van der Waals surface area contributed by atoms with Crippen LogP contribution in [0.2, 0.25) is 18.1 Å². The van der Waals surface area contributed by atoms with Gasteiger partial charge in [0.2, 0.25) is 0 Å². The summed E-state index contributed by atoms with van der Waals surface area (Å²) in [6, 6.07) is 0. The lowest BCUT2D eigenvalue weighted by Crippen LogP contribution is -2.56. The summed E-state index contributed by atoms with van der Waals surface area (Å²) >= 11 is 0. The molecule has 2 rings (SSSR count). The van der Waals surface area contributed by atoms with Crippen LogP contribution in [-0.4, -0.2) is 64.1 Å². The smallest absolute Gasteiger partial charge is 0.192 e. The number of hydrogen-bond donors (Lipinski definition) is 0. The van der Waals surface area contributed by atoms with Gasteiger partial charge in [-0.05, 0) is 45.8 Å². The fraction of sp³-hybridized carbons (Fsp3) is 0.905. The zero-order valence-corrected chi connectivity index (χ0v) is 20.0. The second kappa shape index (κ2) is 8.35. The molecular formula is C21H38O6Si. The summed E-state index contributed by atoms with van der Waals surface area (Å²) < 4.78 is 36.9. The van der Waals surface area contributed by atoms with Gasteiger partial charge in [0.15, 0.2) is 19.9 Å². The first-order chi connectivity index (χ1) is 12.7. The molecule has 0 bridgehead atoms. The van der Waals surface area contributed by atoms with Crippen molar-refractivity contribution in [3.8, 4) is 12.3 Å². The van der Waals surface area contributed by atoms with E-state index in [2.05, 4.69) is 39.8 Å². The molecule has 2 fully saturated rings. The quantitative estimate of drug-likeness (QED) is 0.468. The van der Waals surface area contributed by atoms with Crippen LogP contribution in [0.5, 0.6) is 0 Å². The van der Waals surface area contributed by atoms with Crippen molar-refractivity contribution in [3.63, 3.8) is 0 Å². The van der Waals surface area contributed by atoms with Crippen molar-refractivity contribution in [1.82, 2.24) is 0 Å². The van der Waals surface area contributed by atoms with Gasteiger partial charge in [0.05, 0.1) is 13.2 Å². The van der Waals surface area contributed by atoms with E-state index in [-0.39, 0.29) is 30.0 Å². The fourth-order valence-corrected chi connectivity index (χ4v) is 4.50. The molecule has 0 saturated carbocycles. The van der Waals surface area contributed by atoms with Gasteiger partial charge >= 0.3 is 0 Å². The van der Waals surface area contributed by atoms with E-state index < -0.39 is 26.0 Å². The van der Waals surface area contributed by atoms with E-state index in [0.29, 0.717) is 13.2 Å². The molecule has 0 unspecified atom stereocenters. The first-order valence-corrected chi connectivity index (χ1v) is 12.9. The third-order valence-electron chi connectivity index (χ3n) is 5.71. The Bertz CT molecular complexity index is 574. The normalized spacial score (nSPS) is 29.4. The molecule has 0 aromatic heterocycles. The Hall–Kier alpha value is -0.463. The van der Waals surface area contributed by atoms with Gasteiger partial charge in [0, 0.05) is 0 Å². The summed E-state index contributed by atoms with van der Waals surface area (Å²) in [6.45, 7) is 19.7. The third kappa shape index (κ3) is 5.79. The SMILES string of the molecule is C#CCO[C@@H]([C@H](O[Si](C)(C)C(C)(C)C)[C@H]1COC(C)(C)O1)[C@H]1COC(C)(C)O1. The minimum absolute atomic E-state index is 0.0310. The zero-order chi connectivity index (χ0) is 21.4. The highest BCUT2D eigenvalue weighted by molar-refractivity contribution is 6.74. The van der Waals surface area contributed by atoms with Crippen LogP contribution in [0.3, 0.4) is 0 Å². The van der Waals surface area contributed by atoms with Crippen LogP contribution in [0.1, 0.15) is 48.5 Å². The minimum Gasteiger partial charge on any atom is -0.408 e. The predicted molar refractivity (Wildman–Crippen MR) is 110 cm³/mol. The maximum absolute atomic E-state index is 6.82. The van der Waals surface area contributed by atoms with Crippen LogP contribution >= 0.6 is 0 Å². The summed E-state index contributed by atoms with van der Waals surface area (Å²) in [4.78, 5) is 0. The molecule has 4 atom stereocenters. The van der Waals surface area contributed by atoms with Crippen molar-refractivity contribution in [2.24, 2.45) is 0 Å². The molecule has 0 aromatic carbocycles. The predicted octanol–water partition coefficient (Wildman–Crippen LogP) is 3.70. The Labute approximate surface area is 171 Å². The minimum atomic E-state index is -2.13. The van der Waals surface area contributed by atoms with E-state index in [0.717, 1.165) is 0 Å². The summed E-state index contributed by atoms with van der Waals surface area (Å²) in [6.07, 6.45) is 4.11. The summed E-state index contributed by atoms with van der Waals surface area (Å²) in [7, 11) is -2.13. The summed E-state index contributed by atoms with van der Waals surface area (Å²) in [5, 5.41) is 0.0310. The second-order valence-electron chi connectivity index (χ2n) is 10.1. The molecule has 0 aliphatic carbocycles. The number of rotatable bonds is 7. The fourth-order valence-electron chi connectivity index (χ4n) is 3.18. The Morgan fingerprint density at radius 3 is 1.82 bits per heavy atom. The summed E-state index contributed by atoms with van der Waals surface area (Å²) in [5.74, 6) is 1.23. The maximum Gasteiger partial charge on any atom is 0.192 e. The van der Waals surface area contributed by atoms with Crippen molar-refractivity contribution in [2.75, 3.05) is 19.8 Å². The van der Waals surface area contributed by atoms with Gasteiger partial charge < -0.3 is 28.1 Å². The first kappa shape index (κ1) is 23.8. The number of terminal acetylenes is 1. The van der Waals surface area contributed by atoms with Crippen LogP contribution in [0.15, 0.2) is 0 Å². The van der Waals surface area contributed by atoms with Crippen molar-refractivity contribution < 1.29 is 28.1 Å². The highest BCUT2D eigenvalue weighted by atomic mass is 28.4. The molecular weight excluding hydrogens is 376 g/mol. The van der Waals surface area contributed by atoms with Crippen molar-refractivity contribution in [3.05, 3.63) is 0 Å². The van der Waals surface area contributed by atoms with Crippen molar-refractivity contribution in [2.45, 2.75) is 103 Å². The number of ether oxygens (including phenoxy) is 5. The molecule has 6 nitrogen and oxygen atoms in total. The first-order valence-electron chi connectivity index (χ1n) is 10.0. The van der Waals surface area contributed by atoms with Gasteiger partial charge in [0.1, 0.15) is 31.0 Å². The average Bonchev–Trinajstić information content (AvgIpc) is 3.07. The molecule has 2 heterocycles. The molecule has 0 spiro atoms. The van der Waals surface area contributed by atoms with E-state index in [9.17, 15) is 0 Å². The molecule has 2 aliphatic heterocycles. The van der Waals surface area contributed by atoms with Crippen molar-refractivity contribution >= 4 is 8.32 Å². The van der Waals surface area contributed by atoms with Crippen LogP contribution in [0.25, 0.3) is 0 Å². The Kier molecular flexibility index (Phi) is 7.10. The van der Waals surface area contributed by atoms with Gasteiger partial charge in [-0.15, -0.1) is 6.42 Å². The van der Waals surface area contributed by atoms with Crippen LogP contribution < -0.4 is 0 Å². The van der Waals surface area contributed by atoms with Crippen LogP contribution in [-0.2, 0) is 28.1 Å². The molecule has 2 aliphatic rings. The Morgan fingerprint density at radius 2 is 1.46 bits per heavy atom. The average molecular weight is 415 g/mol.